The lowest BCUT2D eigenvalue weighted by molar-refractivity contribution is -0.139. The molecule has 5 rings (SSSR count). The van der Waals surface area contributed by atoms with E-state index in [9.17, 15) is 14.9 Å². The van der Waals surface area contributed by atoms with Gasteiger partial charge in [0.2, 0.25) is 0 Å². The van der Waals surface area contributed by atoms with Gasteiger partial charge in [-0.2, -0.15) is 5.26 Å². The van der Waals surface area contributed by atoms with Crippen LogP contribution in [0, 0.1) is 11.3 Å². The number of allylic oxidation sites excluding steroid dienone is 1. The number of carbonyl (C=O) groups is 1. The molecule has 0 amide bonds. The second kappa shape index (κ2) is 15.6. The Morgan fingerprint density at radius 2 is 1.86 bits per heavy atom. The Hall–Kier alpha value is -4.86. The number of nitriles is 1. The molecule has 1 aliphatic rings. The van der Waals surface area contributed by atoms with Crippen LogP contribution in [-0.4, -0.2) is 37.0 Å². The SMILES string of the molecule is CCOC(=O)C1=C(C)N=c2s/c(=C\c3cc(Br)c(OCc4ccccc4C#N)c(OCC)c3)c(=O)n2[C@H]1c1ccc(OC(C)C)c(OC)c1. The number of nitrogens with zero attached hydrogens (tertiary/aromatic N) is 3. The summed E-state index contributed by atoms with van der Waals surface area (Å²) in [5.74, 6) is 1.41. The van der Waals surface area contributed by atoms with E-state index in [2.05, 4.69) is 27.0 Å². The van der Waals surface area contributed by atoms with Crippen LogP contribution < -0.4 is 33.8 Å². The smallest absolute Gasteiger partial charge is 0.338 e. The number of thiazole rings is 1. The molecule has 1 aliphatic heterocycles. The maximum absolute atomic E-state index is 14.2. The zero-order valence-electron chi connectivity index (χ0n) is 28.0. The van der Waals surface area contributed by atoms with Gasteiger partial charge in [0.25, 0.3) is 5.56 Å². The summed E-state index contributed by atoms with van der Waals surface area (Å²) in [7, 11) is 1.54. The third-order valence-electron chi connectivity index (χ3n) is 7.52. The number of methoxy groups -OCH3 is 1. The van der Waals surface area contributed by atoms with Crippen molar-refractivity contribution in [1.82, 2.24) is 4.57 Å². The predicted octanol–water partition coefficient (Wildman–Crippen LogP) is 6.21. The molecular weight excluding hydrogens is 710 g/mol. The summed E-state index contributed by atoms with van der Waals surface area (Å²) >= 11 is 4.83. The highest BCUT2D eigenvalue weighted by Gasteiger charge is 2.34. The number of hydrogen-bond acceptors (Lipinski definition) is 10. The Morgan fingerprint density at radius 3 is 2.55 bits per heavy atom. The largest absolute Gasteiger partial charge is 0.493 e. The van der Waals surface area contributed by atoms with E-state index >= 15 is 0 Å². The van der Waals surface area contributed by atoms with E-state index in [1.807, 2.05) is 45.0 Å². The normalized spacial score (nSPS) is 14.2. The minimum Gasteiger partial charge on any atom is -0.493 e. The van der Waals surface area contributed by atoms with E-state index in [1.165, 1.54) is 15.9 Å². The average molecular weight is 747 g/mol. The van der Waals surface area contributed by atoms with Crippen LogP contribution in [-0.2, 0) is 16.1 Å². The molecule has 10 nitrogen and oxygen atoms in total. The van der Waals surface area contributed by atoms with Crippen LogP contribution in [0.5, 0.6) is 23.0 Å². The lowest BCUT2D eigenvalue weighted by atomic mass is 9.95. The summed E-state index contributed by atoms with van der Waals surface area (Å²) in [5.41, 5.74) is 2.99. The van der Waals surface area contributed by atoms with Crippen molar-refractivity contribution in [3.63, 3.8) is 0 Å². The molecule has 0 saturated carbocycles. The molecule has 0 saturated heterocycles. The van der Waals surface area contributed by atoms with E-state index in [0.717, 1.165) is 5.56 Å². The highest BCUT2D eigenvalue weighted by molar-refractivity contribution is 9.10. The third-order valence-corrected chi connectivity index (χ3v) is 9.09. The topological polar surface area (TPSA) is 121 Å². The first-order chi connectivity index (χ1) is 23.6. The highest BCUT2D eigenvalue weighted by Crippen LogP contribution is 2.39. The molecule has 4 aromatic rings. The Morgan fingerprint density at radius 1 is 1.08 bits per heavy atom. The summed E-state index contributed by atoms with van der Waals surface area (Å²) in [4.78, 5) is 32.7. The molecule has 254 valence electrons. The number of ether oxygens (including phenoxy) is 5. The van der Waals surface area contributed by atoms with Gasteiger partial charge >= 0.3 is 5.97 Å². The first kappa shape index (κ1) is 35.4. The molecule has 3 aromatic carbocycles. The molecule has 12 heteroatoms. The molecule has 1 aromatic heterocycles. The van der Waals surface area contributed by atoms with Gasteiger partial charge in [-0.05, 0) is 98.1 Å². The van der Waals surface area contributed by atoms with Crippen LogP contribution in [0.1, 0.15) is 62.9 Å². The first-order valence-corrected chi connectivity index (χ1v) is 17.3. The fourth-order valence-electron chi connectivity index (χ4n) is 5.44. The quantitative estimate of drug-likeness (QED) is 0.157. The van der Waals surface area contributed by atoms with Gasteiger partial charge in [0.1, 0.15) is 6.61 Å². The number of halogens is 1. The molecule has 0 bridgehead atoms. The van der Waals surface area contributed by atoms with Gasteiger partial charge in [-0.25, -0.2) is 9.79 Å². The van der Waals surface area contributed by atoms with Crippen molar-refractivity contribution in [2.24, 2.45) is 4.99 Å². The molecule has 49 heavy (non-hydrogen) atoms. The van der Waals surface area contributed by atoms with Crippen molar-refractivity contribution in [2.75, 3.05) is 20.3 Å². The molecular formula is C37H36BrN3O7S. The van der Waals surface area contributed by atoms with Gasteiger partial charge < -0.3 is 23.7 Å². The second-order valence-corrected chi connectivity index (χ2v) is 13.1. The number of carbonyl (C=O) groups excluding carboxylic acids is 1. The van der Waals surface area contributed by atoms with Crippen LogP contribution in [0.25, 0.3) is 6.08 Å². The Labute approximate surface area is 296 Å². The molecule has 0 spiro atoms. The number of fused-ring (bicyclic) bond motifs is 1. The molecule has 0 fully saturated rings. The van der Waals surface area contributed by atoms with Crippen LogP contribution >= 0.6 is 27.3 Å². The monoisotopic (exact) mass is 745 g/mol. The van der Waals surface area contributed by atoms with Crippen molar-refractivity contribution < 1.29 is 28.5 Å². The van der Waals surface area contributed by atoms with Crippen LogP contribution in [0.2, 0.25) is 0 Å². The Kier molecular flexibility index (Phi) is 11.3. The molecule has 1 atom stereocenters. The number of hydrogen-bond donors (Lipinski definition) is 0. The van der Waals surface area contributed by atoms with E-state index in [0.29, 0.717) is 65.8 Å². The van der Waals surface area contributed by atoms with Gasteiger partial charge in [-0.3, -0.25) is 9.36 Å². The maximum Gasteiger partial charge on any atom is 0.338 e. The lowest BCUT2D eigenvalue weighted by Crippen LogP contribution is -2.40. The minimum absolute atomic E-state index is 0.0844. The second-order valence-electron chi connectivity index (χ2n) is 11.2. The fourth-order valence-corrected chi connectivity index (χ4v) is 7.06. The van der Waals surface area contributed by atoms with Crippen LogP contribution in [0.4, 0.5) is 0 Å². The summed E-state index contributed by atoms with van der Waals surface area (Å²) < 4.78 is 31.6. The highest BCUT2D eigenvalue weighted by atomic mass is 79.9. The molecule has 2 heterocycles. The van der Waals surface area contributed by atoms with Gasteiger partial charge in [-0.15, -0.1) is 0 Å². The van der Waals surface area contributed by atoms with E-state index in [4.69, 9.17) is 23.7 Å². The lowest BCUT2D eigenvalue weighted by Gasteiger charge is -2.25. The maximum atomic E-state index is 14.2. The zero-order chi connectivity index (χ0) is 35.2. The van der Waals surface area contributed by atoms with Crippen molar-refractivity contribution in [3.8, 4) is 29.1 Å². The predicted molar refractivity (Wildman–Crippen MR) is 190 cm³/mol. The molecule has 0 unspecified atom stereocenters. The number of benzene rings is 3. The third kappa shape index (κ3) is 7.58. The van der Waals surface area contributed by atoms with Crippen LogP contribution in [0.3, 0.4) is 0 Å². The minimum atomic E-state index is -0.822. The summed E-state index contributed by atoms with van der Waals surface area (Å²) in [5, 5.41) is 9.48. The van der Waals surface area contributed by atoms with E-state index in [-0.39, 0.29) is 30.5 Å². The van der Waals surface area contributed by atoms with Gasteiger partial charge in [0.15, 0.2) is 27.8 Å². The van der Waals surface area contributed by atoms with Crippen molar-refractivity contribution in [3.05, 3.63) is 112 Å². The van der Waals surface area contributed by atoms with Gasteiger partial charge in [0.05, 0.1) is 64.4 Å². The van der Waals surface area contributed by atoms with Gasteiger partial charge in [0, 0.05) is 5.56 Å². The Balaban J connectivity index is 1.61. The summed E-state index contributed by atoms with van der Waals surface area (Å²) in [6.45, 7) is 9.89. The van der Waals surface area contributed by atoms with E-state index in [1.54, 1.807) is 57.4 Å². The number of aromatic nitrogens is 1. The zero-order valence-corrected chi connectivity index (χ0v) is 30.4. The van der Waals surface area contributed by atoms with E-state index < -0.39 is 12.0 Å². The summed E-state index contributed by atoms with van der Waals surface area (Å²) in [6.07, 6.45) is 1.67. The van der Waals surface area contributed by atoms with Crippen molar-refractivity contribution in [1.29, 1.82) is 5.26 Å². The van der Waals surface area contributed by atoms with Gasteiger partial charge in [-0.1, -0.05) is 35.6 Å². The average Bonchev–Trinajstić information content (AvgIpc) is 3.37. The fraction of sp³-hybridized carbons (Fsp3) is 0.297. The van der Waals surface area contributed by atoms with Crippen LogP contribution in [0.15, 0.2) is 80.1 Å². The van der Waals surface area contributed by atoms with Crippen molar-refractivity contribution >= 4 is 39.3 Å². The standard InChI is InChI=1S/C37H36BrN3O7S/c1-7-45-30-16-23(15-27(38)34(30)47-20-26-12-10-9-11-25(26)19-39)17-31-35(42)41-33(24-13-14-28(48-21(3)4)29(18-24)44-6)32(36(43)46-8-2)22(5)40-37(41)49-31/h9-18,21,33H,7-8,20H2,1-6H3/b31-17-/t33-/m0/s1. The van der Waals surface area contributed by atoms with Crippen molar-refractivity contribution in [2.45, 2.75) is 53.4 Å². The Bertz CT molecular complexity index is 2150. The molecule has 0 aliphatic carbocycles. The number of rotatable bonds is 12. The first-order valence-electron chi connectivity index (χ1n) is 15.7. The molecule has 0 N–H and O–H groups in total. The summed E-state index contributed by atoms with van der Waals surface area (Å²) in [6, 6.07) is 17.6. The molecule has 0 radical (unpaired) electrons. The number of esters is 1.